The molecule has 1 aromatic carbocycles. The zero-order valence-electron chi connectivity index (χ0n) is 10.5. The molecule has 17 heavy (non-hydrogen) atoms. The highest BCUT2D eigenvalue weighted by Crippen LogP contribution is 2.25. The topological polar surface area (TPSA) is 39.4 Å². The second-order valence-corrected chi connectivity index (χ2v) is 4.50. The molecule has 2 rings (SSSR count). The Morgan fingerprint density at radius 1 is 1.18 bits per heavy atom. The number of hydrogen-bond donors (Lipinski definition) is 0. The number of rotatable bonds is 2. The van der Waals surface area contributed by atoms with Gasteiger partial charge in [0, 0.05) is 12.1 Å². The van der Waals surface area contributed by atoms with Crippen molar-refractivity contribution in [1.82, 2.24) is 0 Å². The van der Waals surface area contributed by atoms with Crippen LogP contribution in [-0.4, -0.2) is 6.10 Å². The summed E-state index contributed by atoms with van der Waals surface area (Å²) in [6.07, 6.45) is 0.0997. The Kier molecular flexibility index (Phi) is 2.92. The predicted molar refractivity (Wildman–Crippen MR) is 67.7 cm³/mol. The number of aryl methyl sites for hydroxylation is 2. The van der Waals surface area contributed by atoms with Crippen molar-refractivity contribution in [2.24, 2.45) is 0 Å². The molecule has 0 saturated heterocycles. The van der Waals surface area contributed by atoms with Crippen LogP contribution in [0.4, 0.5) is 0 Å². The van der Waals surface area contributed by atoms with Crippen LogP contribution in [-0.2, 0) is 0 Å². The zero-order valence-corrected chi connectivity index (χ0v) is 10.5. The van der Waals surface area contributed by atoms with E-state index in [1.807, 2.05) is 26.8 Å². The Morgan fingerprint density at radius 2 is 1.88 bits per heavy atom. The van der Waals surface area contributed by atoms with E-state index in [1.165, 1.54) is 6.07 Å². The minimum Gasteiger partial charge on any atom is -0.491 e. The summed E-state index contributed by atoms with van der Waals surface area (Å²) in [4.78, 5) is 11.8. The molecule has 0 aliphatic heterocycles. The third kappa shape index (κ3) is 2.33. The Morgan fingerprint density at radius 3 is 2.53 bits per heavy atom. The first-order valence-corrected chi connectivity index (χ1v) is 5.69. The first-order chi connectivity index (χ1) is 7.97. The first kappa shape index (κ1) is 11.7. The summed E-state index contributed by atoms with van der Waals surface area (Å²) in [5.41, 5.74) is 1.52. The van der Waals surface area contributed by atoms with Crippen LogP contribution in [0.5, 0.6) is 5.75 Å². The SMILES string of the molecule is Cc1cc(=O)c2cc(C)c(OC(C)C)cc2o1. The lowest BCUT2D eigenvalue weighted by Crippen LogP contribution is -2.08. The second-order valence-electron chi connectivity index (χ2n) is 4.50. The quantitative estimate of drug-likeness (QED) is 0.798. The highest BCUT2D eigenvalue weighted by molar-refractivity contribution is 5.79. The number of ether oxygens (including phenoxy) is 1. The molecule has 0 aliphatic rings. The maximum absolute atomic E-state index is 11.8. The summed E-state index contributed by atoms with van der Waals surface area (Å²) < 4.78 is 11.2. The van der Waals surface area contributed by atoms with E-state index in [-0.39, 0.29) is 11.5 Å². The molecule has 0 N–H and O–H groups in total. The molecule has 0 atom stereocenters. The molecule has 0 fully saturated rings. The van der Waals surface area contributed by atoms with Gasteiger partial charge in [-0.2, -0.15) is 0 Å². The lowest BCUT2D eigenvalue weighted by molar-refractivity contribution is 0.241. The van der Waals surface area contributed by atoms with E-state index in [0.29, 0.717) is 16.7 Å². The predicted octanol–water partition coefficient (Wildman–Crippen LogP) is 3.20. The molecular weight excluding hydrogens is 216 g/mol. The van der Waals surface area contributed by atoms with Gasteiger partial charge in [0.15, 0.2) is 5.43 Å². The summed E-state index contributed by atoms with van der Waals surface area (Å²) in [5.74, 6) is 1.38. The third-order valence-electron chi connectivity index (χ3n) is 2.51. The Labute approximate surface area is 100 Å². The minimum absolute atomic E-state index is 0.0112. The molecule has 1 heterocycles. The van der Waals surface area contributed by atoms with Crippen LogP contribution in [0.25, 0.3) is 11.0 Å². The van der Waals surface area contributed by atoms with Crippen LogP contribution in [0.1, 0.15) is 25.2 Å². The van der Waals surface area contributed by atoms with Crippen LogP contribution < -0.4 is 10.2 Å². The molecule has 0 amide bonds. The molecular formula is C14H16O3. The second kappa shape index (κ2) is 4.24. The van der Waals surface area contributed by atoms with Crippen LogP contribution >= 0.6 is 0 Å². The van der Waals surface area contributed by atoms with Crippen LogP contribution in [0.3, 0.4) is 0 Å². The van der Waals surface area contributed by atoms with E-state index < -0.39 is 0 Å². The Balaban J connectivity index is 2.67. The fourth-order valence-electron chi connectivity index (χ4n) is 1.79. The van der Waals surface area contributed by atoms with Crippen LogP contribution in [0.15, 0.2) is 27.4 Å². The van der Waals surface area contributed by atoms with Gasteiger partial charge in [-0.3, -0.25) is 4.79 Å². The van der Waals surface area contributed by atoms with Gasteiger partial charge in [-0.25, -0.2) is 0 Å². The van der Waals surface area contributed by atoms with Crippen molar-refractivity contribution < 1.29 is 9.15 Å². The van der Waals surface area contributed by atoms with Crippen LogP contribution in [0.2, 0.25) is 0 Å². The molecule has 0 saturated carbocycles. The van der Waals surface area contributed by atoms with Gasteiger partial charge < -0.3 is 9.15 Å². The molecule has 0 bridgehead atoms. The normalized spacial score (nSPS) is 11.1. The molecule has 3 heteroatoms. The monoisotopic (exact) mass is 232 g/mol. The van der Waals surface area contributed by atoms with Crippen molar-refractivity contribution in [2.45, 2.75) is 33.8 Å². The van der Waals surface area contributed by atoms with Gasteiger partial charge in [0.05, 0.1) is 11.5 Å². The molecule has 2 aromatic rings. The van der Waals surface area contributed by atoms with Crippen molar-refractivity contribution >= 4 is 11.0 Å². The van der Waals surface area contributed by atoms with Crippen LogP contribution in [0, 0.1) is 13.8 Å². The van der Waals surface area contributed by atoms with E-state index in [1.54, 1.807) is 13.0 Å². The van der Waals surface area contributed by atoms with Gasteiger partial charge in [-0.1, -0.05) is 0 Å². The van der Waals surface area contributed by atoms with Crippen molar-refractivity contribution in [1.29, 1.82) is 0 Å². The van der Waals surface area contributed by atoms with Crippen molar-refractivity contribution in [3.05, 3.63) is 39.7 Å². The number of benzene rings is 1. The average molecular weight is 232 g/mol. The highest BCUT2D eigenvalue weighted by atomic mass is 16.5. The van der Waals surface area contributed by atoms with Gasteiger partial charge in [-0.15, -0.1) is 0 Å². The summed E-state index contributed by atoms with van der Waals surface area (Å²) in [5, 5.41) is 0.601. The third-order valence-corrected chi connectivity index (χ3v) is 2.51. The van der Waals surface area contributed by atoms with E-state index in [9.17, 15) is 4.79 Å². The lowest BCUT2D eigenvalue weighted by Gasteiger charge is -2.12. The fourth-order valence-corrected chi connectivity index (χ4v) is 1.79. The van der Waals surface area contributed by atoms with Gasteiger partial charge in [0.25, 0.3) is 0 Å². The summed E-state index contributed by atoms with van der Waals surface area (Å²) in [6, 6.07) is 5.11. The standard InChI is InChI=1S/C14H16O3/c1-8(2)16-13-7-14-11(5-9(13)3)12(15)6-10(4)17-14/h5-8H,1-4H3. The van der Waals surface area contributed by atoms with Gasteiger partial charge in [-0.05, 0) is 39.3 Å². The zero-order chi connectivity index (χ0) is 12.6. The molecule has 0 unspecified atom stereocenters. The van der Waals surface area contributed by atoms with Crippen molar-refractivity contribution in [3.8, 4) is 5.75 Å². The van der Waals surface area contributed by atoms with E-state index in [0.717, 1.165) is 11.3 Å². The highest BCUT2D eigenvalue weighted by Gasteiger charge is 2.09. The van der Waals surface area contributed by atoms with Crippen molar-refractivity contribution in [3.63, 3.8) is 0 Å². The van der Waals surface area contributed by atoms with E-state index in [2.05, 4.69) is 0 Å². The molecule has 3 nitrogen and oxygen atoms in total. The summed E-state index contributed by atoms with van der Waals surface area (Å²) >= 11 is 0. The van der Waals surface area contributed by atoms with Gasteiger partial charge in [0.2, 0.25) is 0 Å². The summed E-state index contributed by atoms with van der Waals surface area (Å²) in [7, 11) is 0. The molecule has 1 aromatic heterocycles. The van der Waals surface area contributed by atoms with E-state index >= 15 is 0 Å². The maximum atomic E-state index is 11.8. The lowest BCUT2D eigenvalue weighted by atomic mass is 10.1. The Bertz CT molecular complexity index is 609. The van der Waals surface area contributed by atoms with Gasteiger partial charge in [0.1, 0.15) is 17.1 Å². The fraction of sp³-hybridized carbons (Fsp3) is 0.357. The molecule has 0 spiro atoms. The van der Waals surface area contributed by atoms with Crippen molar-refractivity contribution in [2.75, 3.05) is 0 Å². The average Bonchev–Trinajstić information content (AvgIpc) is 2.20. The molecule has 0 radical (unpaired) electrons. The largest absolute Gasteiger partial charge is 0.491 e. The van der Waals surface area contributed by atoms with E-state index in [4.69, 9.17) is 9.15 Å². The Hall–Kier alpha value is -1.77. The minimum atomic E-state index is -0.0112. The maximum Gasteiger partial charge on any atom is 0.192 e. The summed E-state index contributed by atoms with van der Waals surface area (Å²) in [6.45, 7) is 7.63. The van der Waals surface area contributed by atoms with Gasteiger partial charge >= 0.3 is 0 Å². The smallest absolute Gasteiger partial charge is 0.192 e. The number of fused-ring (bicyclic) bond motifs is 1. The molecule has 90 valence electrons. The molecule has 0 aliphatic carbocycles. The number of hydrogen-bond acceptors (Lipinski definition) is 3. The first-order valence-electron chi connectivity index (χ1n) is 5.69.